The summed E-state index contributed by atoms with van der Waals surface area (Å²) in [6.45, 7) is 0.120. The maximum Gasteiger partial charge on any atom is 0.115 e. The molecule has 0 heterocycles. The van der Waals surface area contributed by atoms with Crippen LogP contribution >= 0.6 is 0 Å². The molecule has 0 aromatic rings. The molecule has 0 aromatic heterocycles. The van der Waals surface area contributed by atoms with Gasteiger partial charge in [0.1, 0.15) is 12.7 Å². The fraction of sp³-hybridized carbons (Fsp3) is 0.727. The van der Waals surface area contributed by atoms with Crippen LogP contribution in [0.4, 0.5) is 0 Å². The molecular formula is C22H38O4. The lowest BCUT2D eigenvalue weighted by Gasteiger charge is -2.04. The summed E-state index contributed by atoms with van der Waals surface area (Å²) >= 11 is 0. The topological polar surface area (TPSA) is 69.9 Å². The third-order valence-electron chi connectivity index (χ3n) is 4.06. The van der Waals surface area contributed by atoms with Gasteiger partial charge in [0.15, 0.2) is 0 Å². The van der Waals surface area contributed by atoms with Crippen LogP contribution in [0.5, 0.6) is 0 Å². The van der Waals surface area contributed by atoms with E-state index in [9.17, 15) is 0 Å². The zero-order valence-electron chi connectivity index (χ0n) is 16.2. The molecule has 0 aliphatic carbocycles. The van der Waals surface area contributed by atoms with Crippen molar-refractivity contribution in [1.82, 2.24) is 0 Å². The Kier molecular flexibility index (Phi) is 20.7. The molecule has 0 aromatic carbocycles. The molecule has 0 aliphatic heterocycles. The molecule has 0 bridgehead atoms. The van der Waals surface area contributed by atoms with Crippen molar-refractivity contribution in [3.8, 4) is 11.8 Å². The van der Waals surface area contributed by atoms with Gasteiger partial charge in [-0.15, -0.1) is 0 Å². The van der Waals surface area contributed by atoms with E-state index in [4.69, 9.17) is 20.1 Å². The van der Waals surface area contributed by atoms with E-state index in [2.05, 4.69) is 17.9 Å². The molecule has 4 heteroatoms. The van der Waals surface area contributed by atoms with E-state index in [0.717, 1.165) is 12.8 Å². The quantitative estimate of drug-likeness (QED) is 0.206. The number of unbranched alkanes of at least 4 members (excludes halogenated alkanes) is 11. The van der Waals surface area contributed by atoms with Gasteiger partial charge in [-0.25, -0.2) is 0 Å². The highest BCUT2D eigenvalue weighted by Gasteiger charge is 1.98. The Bertz CT molecular complexity index is 393. The zero-order valence-corrected chi connectivity index (χ0v) is 16.2. The average Bonchev–Trinajstić information content (AvgIpc) is 2.66. The van der Waals surface area contributed by atoms with Gasteiger partial charge in [0.25, 0.3) is 0 Å². The molecule has 0 saturated carbocycles. The minimum atomic E-state index is -0.838. The lowest BCUT2D eigenvalue weighted by atomic mass is 10.1. The van der Waals surface area contributed by atoms with Crippen molar-refractivity contribution in [2.24, 2.45) is 0 Å². The van der Waals surface area contributed by atoms with E-state index in [1.807, 2.05) is 6.08 Å². The number of allylic oxidation sites excluding steroid dienone is 3. The first-order valence-corrected chi connectivity index (χ1v) is 10.1. The Hall–Kier alpha value is -1.28. The minimum Gasteiger partial charge on any atom is -0.498 e. The van der Waals surface area contributed by atoms with E-state index in [-0.39, 0.29) is 13.2 Å². The van der Waals surface area contributed by atoms with Crippen molar-refractivity contribution >= 4 is 0 Å². The second-order valence-electron chi connectivity index (χ2n) is 6.56. The normalized spacial score (nSPS) is 12.4. The molecule has 1 unspecified atom stereocenters. The van der Waals surface area contributed by atoms with Crippen molar-refractivity contribution in [2.45, 2.75) is 83.2 Å². The van der Waals surface area contributed by atoms with Crippen molar-refractivity contribution in [1.29, 1.82) is 0 Å². The van der Waals surface area contributed by atoms with E-state index in [1.165, 1.54) is 70.5 Å². The Balaban J connectivity index is 3.29. The molecule has 4 nitrogen and oxygen atoms in total. The molecule has 26 heavy (non-hydrogen) atoms. The summed E-state index contributed by atoms with van der Waals surface area (Å²) < 4.78 is 4.99. The van der Waals surface area contributed by atoms with Crippen LogP contribution < -0.4 is 0 Å². The average molecular weight is 367 g/mol. The SMILES string of the molecule is OCCCCCCCCCCCCCC=CC#CC=COCC(O)CO. The Morgan fingerprint density at radius 2 is 1.27 bits per heavy atom. The van der Waals surface area contributed by atoms with Crippen LogP contribution in [-0.4, -0.2) is 41.2 Å². The molecule has 0 spiro atoms. The first kappa shape index (κ1) is 24.7. The smallest absolute Gasteiger partial charge is 0.115 e. The van der Waals surface area contributed by atoms with Gasteiger partial charge >= 0.3 is 0 Å². The molecule has 0 radical (unpaired) electrons. The standard InChI is InChI=1S/C22H38O4/c23-18-16-14-12-10-8-6-4-2-1-3-5-7-9-11-13-15-17-19-26-21-22(25)20-24/h9,11,17,19,22-25H,1-8,10,12,14,16,18,20-21H2. The molecule has 0 amide bonds. The van der Waals surface area contributed by atoms with Gasteiger partial charge in [0, 0.05) is 12.7 Å². The van der Waals surface area contributed by atoms with Gasteiger partial charge < -0.3 is 20.1 Å². The predicted molar refractivity (Wildman–Crippen MR) is 108 cm³/mol. The summed E-state index contributed by atoms with van der Waals surface area (Å²) in [4.78, 5) is 0. The van der Waals surface area contributed by atoms with Gasteiger partial charge in [0.2, 0.25) is 0 Å². The lowest BCUT2D eigenvalue weighted by Crippen LogP contribution is -2.17. The number of aliphatic hydroxyl groups is 3. The van der Waals surface area contributed by atoms with Crippen LogP contribution in [0.25, 0.3) is 0 Å². The number of aliphatic hydroxyl groups excluding tert-OH is 3. The summed E-state index contributed by atoms with van der Waals surface area (Å²) in [6, 6.07) is 0. The van der Waals surface area contributed by atoms with E-state index in [0.29, 0.717) is 6.61 Å². The van der Waals surface area contributed by atoms with Gasteiger partial charge in [-0.05, 0) is 25.3 Å². The second kappa shape index (κ2) is 21.8. The zero-order chi connectivity index (χ0) is 19.1. The highest BCUT2D eigenvalue weighted by molar-refractivity contribution is 5.22. The molecule has 0 rings (SSSR count). The first-order chi connectivity index (χ1) is 12.8. The van der Waals surface area contributed by atoms with Gasteiger partial charge in [-0.2, -0.15) is 0 Å². The molecule has 0 fully saturated rings. The van der Waals surface area contributed by atoms with Crippen LogP contribution in [0, 0.1) is 11.8 Å². The Morgan fingerprint density at radius 3 is 1.85 bits per heavy atom. The van der Waals surface area contributed by atoms with Gasteiger partial charge in [-0.1, -0.05) is 75.7 Å². The molecular weight excluding hydrogens is 328 g/mol. The van der Waals surface area contributed by atoms with Crippen molar-refractivity contribution in [3.63, 3.8) is 0 Å². The van der Waals surface area contributed by atoms with Gasteiger partial charge in [-0.3, -0.25) is 0 Å². The largest absolute Gasteiger partial charge is 0.498 e. The Labute approximate surface area is 160 Å². The number of hydrogen-bond donors (Lipinski definition) is 3. The predicted octanol–water partition coefficient (Wildman–Crippen LogP) is 4.10. The molecule has 150 valence electrons. The lowest BCUT2D eigenvalue weighted by molar-refractivity contribution is 0.0385. The highest BCUT2D eigenvalue weighted by Crippen LogP contribution is 2.11. The first-order valence-electron chi connectivity index (χ1n) is 10.1. The van der Waals surface area contributed by atoms with E-state index in [1.54, 1.807) is 6.08 Å². The maximum absolute atomic E-state index is 9.05. The fourth-order valence-electron chi connectivity index (χ4n) is 2.50. The van der Waals surface area contributed by atoms with Crippen LogP contribution in [0.15, 0.2) is 24.5 Å². The van der Waals surface area contributed by atoms with E-state index < -0.39 is 6.10 Å². The monoisotopic (exact) mass is 366 g/mol. The van der Waals surface area contributed by atoms with Crippen LogP contribution in [0.3, 0.4) is 0 Å². The van der Waals surface area contributed by atoms with Gasteiger partial charge in [0.05, 0.1) is 12.9 Å². The number of hydrogen-bond acceptors (Lipinski definition) is 4. The van der Waals surface area contributed by atoms with Crippen LogP contribution in [0.2, 0.25) is 0 Å². The van der Waals surface area contributed by atoms with Crippen molar-refractivity contribution in [3.05, 3.63) is 24.5 Å². The number of rotatable bonds is 17. The summed E-state index contributed by atoms with van der Waals surface area (Å²) in [5.74, 6) is 5.73. The highest BCUT2D eigenvalue weighted by atomic mass is 16.5. The summed E-state index contributed by atoms with van der Waals surface area (Å²) in [5.41, 5.74) is 0. The number of ether oxygens (including phenoxy) is 1. The molecule has 0 saturated heterocycles. The third-order valence-corrected chi connectivity index (χ3v) is 4.06. The summed E-state index contributed by atoms with van der Waals surface area (Å²) in [5, 5.41) is 26.3. The van der Waals surface area contributed by atoms with Crippen LogP contribution in [-0.2, 0) is 4.74 Å². The maximum atomic E-state index is 9.05. The van der Waals surface area contributed by atoms with Crippen molar-refractivity contribution in [2.75, 3.05) is 19.8 Å². The molecule has 0 aliphatic rings. The Morgan fingerprint density at radius 1 is 0.731 bits per heavy atom. The van der Waals surface area contributed by atoms with Crippen LogP contribution in [0.1, 0.15) is 77.0 Å². The van der Waals surface area contributed by atoms with Crippen molar-refractivity contribution < 1.29 is 20.1 Å². The molecule has 3 N–H and O–H groups in total. The van der Waals surface area contributed by atoms with E-state index >= 15 is 0 Å². The second-order valence-corrected chi connectivity index (χ2v) is 6.56. The third kappa shape index (κ3) is 20.8. The summed E-state index contributed by atoms with van der Waals surface area (Å²) in [7, 11) is 0. The molecule has 1 atom stereocenters. The minimum absolute atomic E-state index is 0.0785. The summed E-state index contributed by atoms with van der Waals surface area (Å²) in [6.07, 6.45) is 21.1. The fourth-order valence-corrected chi connectivity index (χ4v) is 2.50.